The van der Waals surface area contributed by atoms with Crippen LogP contribution in [0.4, 0.5) is 9.18 Å². The molecule has 1 saturated heterocycles. The van der Waals surface area contributed by atoms with Gasteiger partial charge in [-0.1, -0.05) is 12.1 Å². The number of benzene rings is 1. The van der Waals surface area contributed by atoms with Gasteiger partial charge >= 0.3 is 6.03 Å². The van der Waals surface area contributed by atoms with Crippen molar-refractivity contribution in [3.8, 4) is 0 Å². The molecule has 2 amide bonds. The molecular formula is C17H19FN4O2. The molecule has 3 rings (SSSR count). The van der Waals surface area contributed by atoms with Gasteiger partial charge in [0.1, 0.15) is 5.82 Å². The molecule has 1 atom stereocenters. The first-order valence-corrected chi connectivity index (χ1v) is 7.93. The number of halogens is 1. The number of aromatic nitrogens is 2. The number of amides is 2. The molecule has 0 bridgehead atoms. The van der Waals surface area contributed by atoms with E-state index in [9.17, 15) is 14.0 Å². The molecule has 126 valence electrons. The minimum absolute atomic E-state index is 0.0565. The van der Waals surface area contributed by atoms with Crippen molar-refractivity contribution in [1.29, 1.82) is 0 Å². The number of hydrogen-bond donors (Lipinski definition) is 2. The van der Waals surface area contributed by atoms with Crippen molar-refractivity contribution < 1.29 is 9.18 Å². The van der Waals surface area contributed by atoms with Crippen molar-refractivity contribution in [2.75, 3.05) is 13.1 Å². The number of nitrogens with one attached hydrogen (secondary N) is 2. The SMILES string of the molecule is O=C(NCc1cccc(F)c1)N1CCC[C@@H](c2cc(=O)[nH]cn2)C1. The van der Waals surface area contributed by atoms with Gasteiger partial charge in [0.2, 0.25) is 0 Å². The van der Waals surface area contributed by atoms with Crippen molar-refractivity contribution in [1.82, 2.24) is 20.2 Å². The van der Waals surface area contributed by atoms with E-state index in [-0.39, 0.29) is 29.9 Å². The summed E-state index contributed by atoms with van der Waals surface area (Å²) in [5.74, 6) is -0.263. The quantitative estimate of drug-likeness (QED) is 0.903. The standard InChI is InChI=1S/C17H19FN4O2/c18-14-5-1-3-12(7-14)9-19-17(24)22-6-2-4-13(10-22)15-8-16(23)21-11-20-15/h1,3,5,7-8,11,13H,2,4,6,9-10H2,(H,19,24)(H,20,21,23)/t13-/m1/s1. The van der Waals surface area contributed by atoms with Crippen LogP contribution in [0.2, 0.25) is 0 Å². The van der Waals surface area contributed by atoms with Crippen LogP contribution in [0.1, 0.15) is 30.0 Å². The Hall–Kier alpha value is -2.70. The highest BCUT2D eigenvalue weighted by atomic mass is 19.1. The van der Waals surface area contributed by atoms with E-state index in [1.165, 1.54) is 24.5 Å². The smallest absolute Gasteiger partial charge is 0.317 e. The van der Waals surface area contributed by atoms with Gasteiger partial charge in [-0.15, -0.1) is 0 Å². The van der Waals surface area contributed by atoms with Gasteiger partial charge in [-0.05, 0) is 30.5 Å². The number of aromatic amines is 1. The third-order valence-electron chi connectivity index (χ3n) is 4.16. The molecule has 2 N–H and O–H groups in total. The summed E-state index contributed by atoms with van der Waals surface area (Å²) in [6.07, 6.45) is 3.14. The normalized spacial score (nSPS) is 17.5. The number of H-pyrrole nitrogens is 1. The average Bonchev–Trinajstić information content (AvgIpc) is 2.60. The van der Waals surface area contributed by atoms with Gasteiger partial charge in [-0.3, -0.25) is 4.79 Å². The first-order chi connectivity index (χ1) is 11.6. The topological polar surface area (TPSA) is 78.1 Å². The van der Waals surface area contributed by atoms with Crippen LogP contribution in [0.15, 0.2) is 41.5 Å². The number of likely N-dealkylation sites (tertiary alicyclic amines) is 1. The number of rotatable bonds is 3. The summed E-state index contributed by atoms with van der Waals surface area (Å²) < 4.78 is 13.2. The molecule has 1 aromatic heterocycles. The molecule has 1 fully saturated rings. The Morgan fingerprint density at radius 1 is 1.42 bits per heavy atom. The van der Waals surface area contributed by atoms with Gasteiger partial charge in [0.15, 0.2) is 0 Å². The van der Waals surface area contributed by atoms with Crippen molar-refractivity contribution in [2.24, 2.45) is 0 Å². The van der Waals surface area contributed by atoms with Crippen LogP contribution in [0, 0.1) is 5.82 Å². The van der Waals surface area contributed by atoms with Crippen LogP contribution in [-0.2, 0) is 6.54 Å². The highest BCUT2D eigenvalue weighted by Crippen LogP contribution is 2.24. The Bertz CT molecular complexity index is 777. The molecule has 0 aliphatic carbocycles. The minimum atomic E-state index is -0.319. The molecule has 1 aliphatic heterocycles. The van der Waals surface area contributed by atoms with E-state index in [4.69, 9.17) is 0 Å². The maximum atomic E-state index is 13.2. The average molecular weight is 330 g/mol. The molecule has 0 spiro atoms. The maximum absolute atomic E-state index is 13.2. The van der Waals surface area contributed by atoms with E-state index in [0.717, 1.165) is 12.8 Å². The summed E-state index contributed by atoms with van der Waals surface area (Å²) in [6, 6.07) is 7.45. The van der Waals surface area contributed by atoms with Crippen LogP contribution in [0.3, 0.4) is 0 Å². The second kappa shape index (κ2) is 7.25. The predicted octanol–water partition coefficient (Wildman–Crippen LogP) is 2.00. The summed E-state index contributed by atoms with van der Waals surface area (Å²) >= 11 is 0. The lowest BCUT2D eigenvalue weighted by molar-refractivity contribution is 0.178. The number of hydrogen-bond acceptors (Lipinski definition) is 3. The van der Waals surface area contributed by atoms with Gasteiger partial charge in [0.25, 0.3) is 5.56 Å². The molecule has 1 aromatic carbocycles. The van der Waals surface area contributed by atoms with E-state index in [1.54, 1.807) is 17.0 Å². The van der Waals surface area contributed by atoms with E-state index >= 15 is 0 Å². The number of carbonyl (C=O) groups excluding carboxylic acids is 1. The van der Waals surface area contributed by atoms with E-state index in [0.29, 0.717) is 24.3 Å². The lowest BCUT2D eigenvalue weighted by Gasteiger charge is -2.32. The zero-order valence-corrected chi connectivity index (χ0v) is 13.2. The molecule has 0 saturated carbocycles. The fraction of sp³-hybridized carbons (Fsp3) is 0.353. The summed E-state index contributed by atoms with van der Waals surface area (Å²) in [5.41, 5.74) is 1.24. The Kier molecular flexibility index (Phi) is 4.88. The monoisotopic (exact) mass is 330 g/mol. The van der Waals surface area contributed by atoms with Crippen LogP contribution in [0.25, 0.3) is 0 Å². The van der Waals surface area contributed by atoms with Crippen molar-refractivity contribution in [3.05, 3.63) is 64.1 Å². The molecule has 0 unspecified atom stereocenters. The molecule has 0 radical (unpaired) electrons. The Morgan fingerprint density at radius 3 is 3.08 bits per heavy atom. The minimum Gasteiger partial charge on any atom is -0.334 e. The molecule has 1 aliphatic rings. The van der Waals surface area contributed by atoms with Crippen LogP contribution >= 0.6 is 0 Å². The predicted molar refractivity (Wildman–Crippen MR) is 87.0 cm³/mol. The fourth-order valence-corrected chi connectivity index (χ4v) is 2.95. The lowest BCUT2D eigenvalue weighted by atomic mass is 9.95. The third kappa shape index (κ3) is 3.98. The lowest BCUT2D eigenvalue weighted by Crippen LogP contribution is -2.44. The van der Waals surface area contributed by atoms with E-state index < -0.39 is 0 Å². The Balaban J connectivity index is 1.60. The number of urea groups is 1. The van der Waals surface area contributed by atoms with E-state index in [1.807, 2.05) is 0 Å². The number of piperidine rings is 1. The van der Waals surface area contributed by atoms with Crippen molar-refractivity contribution in [2.45, 2.75) is 25.3 Å². The van der Waals surface area contributed by atoms with Gasteiger partial charge in [0, 0.05) is 31.6 Å². The highest BCUT2D eigenvalue weighted by Gasteiger charge is 2.25. The third-order valence-corrected chi connectivity index (χ3v) is 4.16. The Labute approximate surface area is 138 Å². The van der Waals surface area contributed by atoms with Crippen LogP contribution < -0.4 is 10.9 Å². The maximum Gasteiger partial charge on any atom is 0.317 e. The first kappa shape index (κ1) is 16.2. The zero-order chi connectivity index (χ0) is 16.9. The van der Waals surface area contributed by atoms with Crippen molar-refractivity contribution in [3.63, 3.8) is 0 Å². The van der Waals surface area contributed by atoms with E-state index in [2.05, 4.69) is 15.3 Å². The fourth-order valence-electron chi connectivity index (χ4n) is 2.95. The second-order valence-electron chi connectivity index (χ2n) is 5.91. The molecule has 2 heterocycles. The second-order valence-corrected chi connectivity index (χ2v) is 5.91. The highest BCUT2D eigenvalue weighted by molar-refractivity contribution is 5.74. The molecular weight excluding hydrogens is 311 g/mol. The summed E-state index contributed by atoms with van der Waals surface area (Å²) in [4.78, 5) is 32.2. The molecule has 24 heavy (non-hydrogen) atoms. The van der Waals surface area contributed by atoms with Gasteiger partial charge in [-0.25, -0.2) is 14.2 Å². The summed E-state index contributed by atoms with van der Waals surface area (Å²) in [6.45, 7) is 1.46. The zero-order valence-electron chi connectivity index (χ0n) is 13.2. The summed E-state index contributed by atoms with van der Waals surface area (Å²) in [7, 11) is 0. The van der Waals surface area contributed by atoms with Crippen LogP contribution in [0.5, 0.6) is 0 Å². The van der Waals surface area contributed by atoms with Crippen molar-refractivity contribution >= 4 is 6.03 Å². The molecule has 7 heteroatoms. The Morgan fingerprint density at radius 2 is 2.29 bits per heavy atom. The van der Waals surface area contributed by atoms with Gasteiger partial charge in [0.05, 0.1) is 12.0 Å². The number of carbonyl (C=O) groups is 1. The molecule has 6 nitrogen and oxygen atoms in total. The van der Waals surface area contributed by atoms with Gasteiger partial charge in [-0.2, -0.15) is 0 Å². The summed E-state index contributed by atoms with van der Waals surface area (Å²) in [5, 5.41) is 2.81. The number of nitrogens with zero attached hydrogens (tertiary/aromatic N) is 2. The largest absolute Gasteiger partial charge is 0.334 e. The molecule has 2 aromatic rings. The van der Waals surface area contributed by atoms with Gasteiger partial charge < -0.3 is 15.2 Å². The first-order valence-electron chi connectivity index (χ1n) is 7.93. The van der Waals surface area contributed by atoms with Crippen LogP contribution in [-0.4, -0.2) is 34.0 Å².